The first-order valence-corrected chi connectivity index (χ1v) is 13.5. The Balaban J connectivity index is 1.57. The third-order valence-electron chi connectivity index (χ3n) is 8.72. The summed E-state index contributed by atoms with van der Waals surface area (Å²) in [5.41, 5.74) is 10.5. The fourth-order valence-corrected chi connectivity index (χ4v) is 7.19. The average molecular weight is 493 g/mol. The molecule has 1 spiro atoms. The van der Waals surface area contributed by atoms with Crippen LogP contribution in [0.2, 0.25) is 0 Å². The second-order valence-electron chi connectivity index (χ2n) is 10.8. The van der Waals surface area contributed by atoms with Crippen molar-refractivity contribution in [3.05, 3.63) is 161 Å². The second-order valence-corrected chi connectivity index (χ2v) is 10.8. The summed E-state index contributed by atoms with van der Waals surface area (Å²) in [7, 11) is 4.21. The fourth-order valence-electron chi connectivity index (χ4n) is 7.19. The molecule has 38 heavy (non-hydrogen) atoms. The Morgan fingerprint density at radius 1 is 0.526 bits per heavy atom. The highest BCUT2D eigenvalue weighted by Gasteiger charge is 2.61. The van der Waals surface area contributed by atoms with E-state index in [4.69, 9.17) is 0 Å². The topological polar surface area (TPSA) is 15.3 Å². The minimum Gasteiger partial charge on any atom is -0.378 e. The Hall–Kier alpha value is -4.14. The highest BCUT2D eigenvalue weighted by Crippen LogP contribution is 2.67. The van der Waals surface area contributed by atoms with Gasteiger partial charge in [0.15, 0.2) is 0 Å². The largest absolute Gasteiger partial charge is 0.378 e. The van der Waals surface area contributed by atoms with Crippen molar-refractivity contribution in [3.63, 3.8) is 0 Å². The lowest BCUT2D eigenvalue weighted by molar-refractivity contribution is 0.420. The highest BCUT2D eigenvalue weighted by molar-refractivity contribution is 5.83. The minimum absolute atomic E-state index is 0.109. The van der Waals surface area contributed by atoms with Crippen LogP contribution in [0.4, 0.5) is 5.69 Å². The molecule has 2 nitrogen and oxygen atoms in total. The van der Waals surface area contributed by atoms with E-state index in [1.807, 2.05) is 0 Å². The maximum absolute atomic E-state index is 4.21. The van der Waals surface area contributed by atoms with Gasteiger partial charge >= 0.3 is 0 Å². The first-order valence-electron chi connectivity index (χ1n) is 13.5. The van der Waals surface area contributed by atoms with Crippen LogP contribution in [0.15, 0.2) is 133 Å². The lowest BCUT2D eigenvalue weighted by Gasteiger charge is -2.40. The van der Waals surface area contributed by atoms with Gasteiger partial charge in [0, 0.05) is 43.2 Å². The van der Waals surface area contributed by atoms with E-state index in [2.05, 4.69) is 158 Å². The Bertz CT molecular complexity index is 1530. The third kappa shape index (κ3) is 3.30. The molecule has 186 valence electrons. The predicted octanol–water partition coefficient (Wildman–Crippen LogP) is 7.89. The van der Waals surface area contributed by atoms with E-state index in [0.29, 0.717) is 0 Å². The van der Waals surface area contributed by atoms with E-state index in [-0.39, 0.29) is 23.4 Å². The molecular weight excluding hydrogens is 460 g/mol. The number of nitrogens with zero attached hydrogens (tertiary/aromatic N) is 1. The quantitative estimate of drug-likeness (QED) is 0.274. The molecule has 0 saturated carbocycles. The number of nitrogens with one attached hydrogen (secondary N) is 1. The van der Waals surface area contributed by atoms with Gasteiger partial charge in [0.05, 0.1) is 0 Å². The van der Waals surface area contributed by atoms with Gasteiger partial charge in [-0.3, -0.25) is 0 Å². The van der Waals surface area contributed by atoms with Gasteiger partial charge in [-0.25, -0.2) is 0 Å². The third-order valence-corrected chi connectivity index (χ3v) is 8.72. The van der Waals surface area contributed by atoms with Crippen molar-refractivity contribution in [1.29, 1.82) is 0 Å². The van der Waals surface area contributed by atoms with Crippen LogP contribution in [0.25, 0.3) is 11.1 Å². The predicted molar refractivity (Wildman–Crippen MR) is 158 cm³/mol. The van der Waals surface area contributed by atoms with Crippen molar-refractivity contribution in [2.45, 2.75) is 23.4 Å². The van der Waals surface area contributed by atoms with E-state index in [1.54, 1.807) is 0 Å². The molecule has 2 aliphatic rings. The summed E-state index contributed by atoms with van der Waals surface area (Å²) in [5, 5.41) is 4.21. The van der Waals surface area contributed by atoms with Crippen LogP contribution >= 0.6 is 0 Å². The Labute approximate surface area is 225 Å². The molecule has 0 amide bonds. The molecule has 1 fully saturated rings. The van der Waals surface area contributed by atoms with Crippen molar-refractivity contribution in [2.24, 2.45) is 0 Å². The number of anilines is 1. The Morgan fingerprint density at radius 3 is 1.58 bits per heavy atom. The van der Waals surface area contributed by atoms with Gasteiger partial charge in [0.1, 0.15) is 0 Å². The van der Waals surface area contributed by atoms with Gasteiger partial charge in [0.25, 0.3) is 0 Å². The molecule has 0 aromatic heterocycles. The number of hydrogen-bond donors (Lipinski definition) is 1. The van der Waals surface area contributed by atoms with E-state index in [0.717, 1.165) is 0 Å². The molecule has 1 saturated heterocycles. The van der Waals surface area contributed by atoms with Gasteiger partial charge < -0.3 is 10.2 Å². The van der Waals surface area contributed by atoms with Crippen LogP contribution in [-0.4, -0.2) is 14.1 Å². The van der Waals surface area contributed by atoms with Crippen molar-refractivity contribution >= 4 is 5.69 Å². The smallest absolute Gasteiger partial charge is 0.0496 e. The Kier molecular flexibility index (Phi) is 5.45. The fraction of sp³-hybridized carbons (Fsp3) is 0.167. The number of benzene rings is 5. The molecular formula is C36H32N2. The summed E-state index contributed by atoms with van der Waals surface area (Å²) in [6, 6.07) is 49.8. The number of hydrogen-bond acceptors (Lipinski definition) is 2. The highest BCUT2D eigenvalue weighted by atomic mass is 15.1. The second kappa shape index (κ2) is 9.01. The molecule has 5 aromatic carbocycles. The molecule has 5 aromatic rings. The molecule has 1 aliphatic heterocycles. The molecule has 1 heterocycles. The first kappa shape index (κ1) is 23.0. The molecule has 0 unspecified atom stereocenters. The average Bonchev–Trinajstić information content (AvgIpc) is 3.49. The zero-order chi connectivity index (χ0) is 25.7. The standard InChI is InChI=1S/C36H32N2/c1-38(2)28-23-21-25(22-24-28)33-34(26-13-5-3-6-14-26)37-35(27-15-7-4-8-16-27)36(33)31-19-11-9-17-29(31)30-18-10-12-20-32(30)36/h3-24,33-35,37H,1-2H3/t33-,34+,35-/m1/s1. The molecule has 1 aliphatic carbocycles. The first-order chi connectivity index (χ1) is 18.7. The minimum atomic E-state index is -0.269. The van der Waals surface area contributed by atoms with Crippen LogP contribution in [0, 0.1) is 0 Å². The summed E-state index contributed by atoms with van der Waals surface area (Å²) < 4.78 is 0. The van der Waals surface area contributed by atoms with Gasteiger partial charge in [0.2, 0.25) is 0 Å². The summed E-state index contributed by atoms with van der Waals surface area (Å²) in [5.74, 6) is 0.191. The van der Waals surface area contributed by atoms with Crippen LogP contribution in [-0.2, 0) is 5.41 Å². The van der Waals surface area contributed by atoms with Crippen LogP contribution in [0.5, 0.6) is 0 Å². The lowest BCUT2D eigenvalue weighted by atomic mass is 9.61. The zero-order valence-electron chi connectivity index (χ0n) is 21.9. The van der Waals surface area contributed by atoms with E-state index >= 15 is 0 Å². The number of rotatable bonds is 4. The van der Waals surface area contributed by atoms with E-state index in [1.165, 1.54) is 44.6 Å². The van der Waals surface area contributed by atoms with Crippen LogP contribution in [0.3, 0.4) is 0 Å². The van der Waals surface area contributed by atoms with Gasteiger partial charge in [-0.2, -0.15) is 0 Å². The van der Waals surface area contributed by atoms with E-state index in [9.17, 15) is 0 Å². The maximum Gasteiger partial charge on any atom is 0.0496 e. The van der Waals surface area contributed by atoms with Crippen molar-refractivity contribution in [3.8, 4) is 11.1 Å². The van der Waals surface area contributed by atoms with Crippen molar-refractivity contribution in [1.82, 2.24) is 5.32 Å². The lowest BCUT2D eigenvalue weighted by Crippen LogP contribution is -2.36. The summed E-state index contributed by atoms with van der Waals surface area (Å²) >= 11 is 0. The number of fused-ring (bicyclic) bond motifs is 5. The summed E-state index contributed by atoms with van der Waals surface area (Å²) in [6.45, 7) is 0. The normalized spacial score (nSPS) is 20.7. The van der Waals surface area contributed by atoms with E-state index < -0.39 is 0 Å². The van der Waals surface area contributed by atoms with Crippen LogP contribution in [0.1, 0.15) is 45.8 Å². The summed E-state index contributed by atoms with van der Waals surface area (Å²) in [4.78, 5) is 2.17. The molecule has 1 N–H and O–H groups in total. The Morgan fingerprint density at radius 2 is 1.03 bits per heavy atom. The van der Waals surface area contributed by atoms with Crippen molar-refractivity contribution < 1.29 is 0 Å². The summed E-state index contributed by atoms with van der Waals surface area (Å²) in [6.07, 6.45) is 0. The molecule has 3 atom stereocenters. The zero-order valence-corrected chi connectivity index (χ0v) is 21.9. The maximum atomic E-state index is 4.21. The monoisotopic (exact) mass is 492 g/mol. The van der Waals surface area contributed by atoms with Gasteiger partial charge in [-0.15, -0.1) is 0 Å². The SMILES string of the molecule is CN(C)c1ccc([C@@H]2[C@H](c3ccccc3)N[C@H](c3ccccc3)C23c2ccccc2-c2ccccc23)cc1. The molecule has 2 heteroatoms. The van der Waals surface area contributed by atoms with Crippen molar-refractivity contribution in [2.75, 3.05) is 19.0 Å². The van der Waals surface area contributed by atoms with Gasteiger partial charge in [-0.1, -0.05) is 121 Å². The van der Waals surface area contributed by atoms with Crippen LogP contribution < -0.4 is 10.2 Å². The molecule has 0 radical (unpaired) electrons. The van der Waals surface area contributed by atoms with Gasteiger partial charge in [-0.05, 0) is 51.1 Å². The molecule has 0 bridgehead atoms. The molecule has 7 rings (SSSR count).